The maximum absolute atomic E-state index is 13.5. The van der Waals surface area contributed by atoms with Crippen LogP contribution in [0.1, 0.15) is 53.8 Å². The first kappa shape index (κ1) is 23.8. The molecule has 1 N–H and O–H groups in total. The highest BCUT2D eigenvalue weighted by Gasteiger charge is 2.34. The van der Waals surface area contributed by atoms with E-state index >= 15 is 0 Å². The van der Waals surface area contributed by atoms with Gasteiger partial charge >= 0.3 is 0 Å². The topological polar surface area (TPSA) is 73.0 Å². The first-order valence-corrected chi connectivity index (χ1v) is 12.3. The predicted molar refractivity (Wildman–Crippen MR) is 134 cm³/mol. The Kier molecular flexibility index (Phi) is 7.50. The van der Waals surface area contributed by atoms with Gasteiger partial charge in [-0.05, 0) is 63.4 Å². The van der Waals surface area contributed by atoms with Crippen molar-refractivity contribution in [2.45, 2.75) is 33.1 Å². The van der Waals surface area contributed by atoms with Crippen LogP contribution in [0.4, 0.5) is 11.4 Å². The molecule has 2 aliphatic rings. The van der Waals surface area contributed by atoms with Gasteiger partial charge < -0.3 is 20.0 Å². The summed E-state index contributed by atoms with van der Waals surface area (Å²) in [6, 6.07) is 14.6. The molecule has 1 heterocycles. The first-order chi connectivity index (χ1) is 16.5. The molecule has 0 radical (unpaired) electrons. The average Bonchev–Trinajstić information content (AvgIpc) is 3.72. The first-order valence-electron chi connectivity index (χ1n) is 12.3. The number of benzene rings is 2. The van der Waals surface area contributed by atoms with Crippen molar-refractivity contribution in [3.8, 4) is 0 Å². The van der Waals surface area contributed by atoms with E-state index in [1.807, 2.05) is 49.1 Å². The van der Waals surface area contributed by atoms with E-state index < -0.39 is 0 Å². The molecule has 0 bridgehead atoms. The van der Waals surface area contributed by atoms with Crippen LogP contribution in [0.3, 0.4) is 0 Å². The van der Waals surface area contributed by atoms with Gasteiger partial charge in [0.05, 0.1) is 5.56 Å². The second-order valence-corrected chi connectivity index (χ2v) is 8.97. The van der Waals surface area contributed by atoms with Gasteiger partial charge in [0.15, 0.2) is 0 Å². The Hall–Kier alpha value is -3.35. The van der Waals surface area contributed by atoms with E-state index in [2.05, 4.69) is 10.2 Å². The van der Waals surface area contributed by atoms with Crippen LogP contribution in [-0.2, 0) is 4.79 Å². The predicted octanol–water partition coefficient (Wildman–Crippen LogP) is 3.87. The fraction of sp³-hybridized carbons (Fsp3) is 0.444. The highest BCUT2D eigenvalue weighted by Crippen LogP contribution is 2.32. The van der Waals surface area contributed by atoms with E-state index in [1.54, 1.807) is 23.1 Å². The van der Waals surface area contributed by atoms with Crippen LogP contribution in [0, 0.1) is 5.92 Å². The number of nitrogens with zero attached hydrogens (tertiary/aromatic N) is 3. The number of hydrogen-bond acceptors (Lipinski definition) is 4. The lowest BCUT2D eigenvalue weighted by atomic mass is 10.1. The number of nitrogens with one attached hydrogen (secondary N) is 1. The van der Waals surface area contributed by atoms with E-state index in [1.165, 1.54) is 0 Å². The van der Waals surface area contributed by atoms with Gasteiger partial charge in [-0.1, -0.05) is 18.2 Å². The molecule has 34 heavy (non-hydrogen) atoms. The summed E-state index contributed by atoms with van der Waals surface area (Å²) < 4.78 is 0. The van der Waals surface area contributed by atoms with E-state index in [9.17, 15) is 14.4 Å². The van der Waals surface area contributed by atoms with Crippen LogP contribution >= 0.6 is 0 Å². The van der Waals surface area contributed by atoms with Crippen molar-refractivity contribution in [1.82, 2.24) is 9.80 Å². The quantitative estimate of drug-likeness (QED) is 0.678. The maximum Gasteiger partial charge on any atom is 0.256 e. The smallest absolute Gasteiger partial charge is 0.256 e. The van der Waals surface area contributed by atoms with Gasteiger partial charge in [0.1, 0.15) is 0 Å². The molecule has 7 nitrogen and oxygen atoms in total. The summed E-state index contributed by atoms with van der Waals surface area (Å²) in [6.45, 7) is 8.05. The molecule has 180 valence electrons. The molecule has 7 heteroatoms. The lowest BCUT2D eigenvalue weighted by Gasteiger charge is -2.28. The fourth-order valence-electron chi connectivity index (χ4n) is 4.50. The van der Waals surface area contributed by atoms with Crippen LogP contribution in [0.2, 0.25) is 0 Å². The fourth-order valence-corrected chi connectivity index (χ4v) is 4.50. The Bertz CT molecular complexity index is 1030. The number of rotatable bonds is 7. The minimum Gasteiger partial charge on any atom is -0.369 e. The zero-order valence-electron chi connectivity index (χ0n) is 20.1. The lowest BCUT2D eigenvalue weighted by Crippen LogP contribution is -2.37. The molecule has 2 fully saturated rings. The summed E-state index contributed by atoms with van der Waals surface area (Å²) in [6.07, 6.45) is 2.89. The number of carbonyl (C=O) groups excluding carboxylic acids is 3. The van der Waals surface area contributed by atoms with Crippen LogP contribution < -0.4 is 10.2 Å². The molecule has 0 unspecified atom stereocenters. The van der Waals surface area contributed by atoms with Crippen molar-refractivity contribution in [3.63, 3.8) is 0 Å². The summed E-state index contributed by atoms with van der Waals surface area (Å²) in [4.78, 5) is 44.7. The summed E-state index contributed by atoms with van der Waals surface area (Å²) >= 11 is 0. The lowest BCUT2D eigenvalue weighted by molar-refractivity contribution is -0.132. The number of amides is 3. The second kappa shape index (κ2) is 10.7. The van der Waals surface area contributed by atoms with Gasteiger partial charge in [0.25, 0.3) is 11.8 Å². The average molecular weight is 463 g/mol. The van der Waals surface area contributed by atoms with E-state index in [0.29, 0.717) is 43.0 Å². The van der Waals surface area contributed by atoms with Gasteiger partial charge in [-0.3, -0.25) is 14.4 Å². The van der Waals surface area contributed by atoms with E-state index in [0.717, 1.165) is 38.0 Å². The second-order valence-electron chi connectivity index (χ2n) is 8.97. The van der Waals surface area contributed by atoms with Crippen molar-refractivity contribution in [2.75, 3.05) is 49.5 Å². The van der Waals surface area contributed by atoms with Crippen molar-refractivity contribution < 1.29 is 14.4 Å². The minimum atomic E-state index is -0.210. The van der Waals surface area contributed by atoms with Crippen LogP contribution in [-0.4, -0.2) is 66.8 Å². The molecule has 1 aliphatic carbocycles. The van der Waals surface area contributed by atoms with Crippen molar-refractivity contribution in [2.24, 2.45) is 5.92 Å². The third-order valence-corrected chi connectivity index (χ3v) is 6.65. The molecule has 0 aromatic heterocycles. The molecule has 0 atom stereocenters. The molecule has 0 spiro atoms. The highest BCUT2D eigenvalue weighted by molar-refractivity contribution is 6.06. The largest absolute Gasteiger partial charge is 0.369 e. The molecule has 3 amide bonds. The van der Waals surface area contributed by atoms with E-state index in [-0.39, 0.29) is 23.6 Å². The Morgan fingerprint density at radius 2 is 1.68 bits per heavy atom. The van der Waals surface area contributed by atoms with Gasteiger partial charge in [-0.2, -0.15) is 0 Å². The molecule has 2 aromatic rings. The standard InChI is InChI=1S/C27H34N4O3/c1-3-29(4-2)27(34)23-19-22(28-25(32)20-9-6-5-7-10-20)13-14-24(23)30-15-8-16-31(18-17-30)26(33)21-11-12-21/h5-7,9-10,13-14,19,21H,3-4,8,11-12,15-18H2,1-2H3,(H,28,32). The van der Waals surface area contributed by atoms with Crippen LogP contribution in [0.25, 0.3) is 0 Å². The van der Waals surface area contributed by atoms with Gasteiger partial charge in [0, 0.05) is 62.1 Å². The summed E-state index contributed by atoms with van der Waals surface area (Å²) in [5.41, 5.74) is 2.59. The molecule has 1 aliphatic heterocycles. The van der Waals surface area contributed by atoms with Crippen molar-refractivity contribution in [3.05, 3.63) is 59.7 Å². The Labute approximate surface area is 201 Å². The third-order valence-electron chi connectivity index (χ3n) is 6.65. The molecule has 1 saturated carbocycles. The van der Waals surface area contributed by atoms with E-state index in [4.69, 9.17) is 0 Å². The van der Waals surface area contributed by atoms with Crippen LogP contribution in [0.5, 0.6) is 0 Å². The normalized spacial score (nSPS) is 16.1. The minimum absolute atomic E-state index is 0.0500. The Balaban J connectivity index is 1.58. The van der Waals surface area contributed by atoms with Crippen molar-refractivity contribution in [1.29, 1.82) is 0 Å². The Morgan fingerprint density at radius 1 is 0.941 bits per heavy atom. The number of carbonyl (C=O) groups is 3. The zero-order chi connectivity index (χ0) is 24.1. The highest BCUT2D eigenvalue weighted by atomic mass is 16.2. The molecule has 1 saturated heterocycles. The van der Waals surface area contributed by atoms with Crippen molar-refractivity contribution >= 4 is 29.1 Å². The molecule has 4 rings (SSSR count). The SMILES string of the molecule is CCN(CC)C(=O)c1cc(NC(=O)c2ccccc2)ccc1N1CCCN(C(=O)C2CC2)CC1. The van der Waals surface area contributed by atoms with Gasteiger partial charge in [-0.25, -0.2) is 0 Å². The maximum atomic E-state index is 13.5. The molecular formula is C27H34N4O3. The summed E-state index contributed by atoms with van der Waals surface area (Å²) in [5, 5.41) is 2.93. The monoisotopic (exact) mass is 462 g/mol. The molecule has 2 aromatic carbocycles. The van der Waals surface area contributed by atoms with Crippen LogP contribution in [0.15, 0.2) is 48.5 Å². The summed E-state index contributed by atoms with van der Waals surface area (Å²) in [7, 11) is 0. The summed E-state index contributed by atoms with van der Waals surface area (Å²) in [5.74, 6) is 0.240. The Morgan fingerprint density at radius 3 is 2.35 bits per heavy atom. The van der Waals surface area contributed by atoms with Gasteiger partial charge in [0.2, 0.25) is 5.91 Å². The number of anilines is 2. The zero-order valence-corrected chi connectivity index (χ0v) is 20.1. The molecular weight excluding hydrogens is 428 g/mol. The number of hydrogen-bond donors (Lipinski definition) is 1. The third kappa shape index (κ3) is 5.41. The van der Waals surface area contributed by atoms with Gasteiger partial charge in [-0.15, -0.1) is 0 Å².